The highest BCUT2D eigenvalue weighted by Crippen LogP contribution is 2.24. The summed E-state index contributed by atoms with van der Waals surface area (Å²) >= 11 is 0. The topological polar surface area (TPSA) is 65.9 Å². The van der Waals surface area contributed by atoms with Crippen molar-refractivity contribution >= 4 is 11.7 Å². The molecule has 3 rings (SSSR count). The zero-order valence-electron chi connectivity index (χ0n) is 15.8. The molecular weight excluding hydrogens is 330 g/mol. The molecule has 6 nitrogen and oxygen atoms in total. The summed E-state index contributed by atoms with van der Waals surface area (Å²) < 4.78 is 5.25. The highest BCUT2D eigenvalue weighted by molar-refractivity contribution is 5.94. The number of hydrogen-bond donors (Lipinski definition) is 1. The van der Waals surface area contributed by atoms with Crippen LogP contribution in [0.25, 0.3) is 0 Å². The predicted octanol–water partition coefficient (Wildman–Crippen LogP) is 2.18. The number of carbonyl (C=O) groups is 1. The number of aliphatic hydroxyl groups is 1. The molecule has 3 heterocycles. The van der Waals surface area contributed by atoms with Crippen LogP contribution in [0, 0.1) is 11.8 Å². The van der Waals surface area contributed by atoms with Gasteiger partial charge in [-0.2, -0.15) is 0 Å². The number of hydrogen-bond acceptors (Lipinski definition) is 5. The van der Waals surface area contributed by atoms with Gasteiger partial charge in [0.1, 0.15) is 5.82 Å². The lowest BCUT2D eigenvalue weighted by molar-refractivity contribution is 0.0570. The van der Waals surface area contributed by atoms with Crippen LogP contribution in [0.1, 0.15) is 42.5 Å². The third-order valence-electron chi connectivity index (χ3n) is 5.68. The minimum absolute atomic E-state index is 0.0755. The Balaban J connectivity index is 1.56. The van der Waals surface area contributed by atoms with Crippen molar-refractivity contribution in [2.75, 3.05) is 51.4 Å². The van der Waals surface area contributed by atoms with Crippen molar-refractivity contribution in [1.29, 1.82) is 0 Å². The van der Waals surface area contributed by atoms with Crippen molar-refractivity contribution in [2.24, 2.45) is 11.8 Å². The van der Waals surface area contributed by atoms with Crippen molar-refractivity contribution in [1.82, 2.24) is 9.88 Å². The normalized spacial score (nSPS) is 21.8. The Morgan fingerprint density at radius 2 is 2.04 bits per heavy atom. The van der Waals surface area contributed by atoms with Crippen LogP contribution in [0.5, 0.6) is 0 Å². The van der Waals surface area contributed by atoms with E-state index in [2.05, 4.69) is 9.88 Å². The van der Waals surface area contributed by atoms with E-state index in [0.717, 1.165) is 64.1 Å². The zero-order valence-corrected chi connectivity index (χ0v) is 15.8. The molecule has 1 N–H and O–H groups in total. The Morgan fingerprint density at radius 1 is 1.23 bits per heavy atom. The van der Waals surface area contributed by atoms with Gasteiger partial charge in [-0.05, 0) is 56.1 Å². The van der Waals surface area contributed by atoms with Crippen molar-refractivity contribution < 1.29 is 14.6 Å². The lowest BCUT2D eigenvalue weighted by atomic mass is 9.94. The summed E-state index contributed by atoms with van der Waals surface area (Å²) in [7, 11) is 1.72. The predicted molar refractivity (Wildman–Crippen MR) is 101 cm³/mol. The molecule has 0 unspecified atom stereocenters. The summed E-state index contributed by atoms with van der Waals surface area (Å²) in [4.78, 5) is 21.5. The molecule has 1 amide bonds. The highest BCUT2D eigenvalue weighted by Gasteiger charge is 2.25. The van der Waals surface area contributed by atoms with Gasteiger partial charge in [-0.1, -0.05) is 0 Å². The Labute approximate surface area is 156 Å². The molecule has 0 saturated carbocycles. The SMILES string of the molecule is COC[C@@H]1CCCN(C(=O)c2ccc(N3CCC(CCO)CC3)nc2)C1. The first-order valence-corrected chi connectivity index (χ1v) is 9.81. The van der Waals surface area contributed by atoms with Crippen LogP contribution in [-0.2, 0) is 4.74 Å². The van der Waals surface area contributed by atoms with Gasteiger partial charge in [-0.3, -0.25) is 4.79 Å². The summed E-state index contributed by atoms with van der Waals surface area (Å²) in [6.07, 6.45) is 6.97. The van der Waals surface area contributed by atoms with Crippen LogP contribution in [0.4, 0.5) is 5.82 Å². The molecule has 0 spiro atoms. The van der Waals surface area contributed by atoms with Crippen molar-refractivity contribution in [3.05, 3.63) is 23.9 Å². The van der Waals surface area contributed by atoms with E-state index in [0.29, 0.717) is 24.0 Å². The van der Waals surface area contributed by atoms with Gasteiger partial charge in [0.05, 0.1) is 12.2 Å². The number of carbonyl (C=O) groups excluding carboxylic acids is 1. The number of likely N-dealkylation sites (tertiary alicyclic amines) is 1. The van der Waals surface area contributed by atoms with Crippen LogP contribution >= 0.6 is 0 Å². The molecule has 0 aromatic carbocycles. The maximum absolute atomic E-state index is 12.8. The molecule has 6 heteroatoms. The van der Waals surface area contributed by atoms with E-state index in [1.54, 1.807) is 13.3 Å². The van der Waals surface area contributed by atoms with Crippen LogP contribution in [0.2, 0.25) is 0 Å². The molecule has 0 aliphatic carbocycles. The lowest BCUT2D eigenvalue weighted by Gasteiger charge is -2.33. The summed E-state index contributed by atoms with van der Waals surface area (Å²) in [6, 6.07) is 3.88. The summed E-state index contributed by atoms with van der Waals surface area (Å²) in [5.41, 5.74) is 0.669. The van der Waals surface area contributed by atoms with Gasteiger partial charge < -0.3 is 19.6 Å². The number of methoxy groups -OCH3 is 1. The monoisotopic (exact) mass is 361 g/mol. The fourth-order valence-electron chi connectivity index (χ4n) is 4.14. The van der Waals surface area contributed by atoms with Gasteiger partial charge in [0.15, 0.2) is 0 Å². The molecular formula is C20H31N3O3. The van der Waals surface area contributed by atoms with Crippen molar-refractivity contribution in [2.45, 2.75) is 32.1 Å². The van der Waals surface area contributed by atoms with Crippen LogP contribution in [-0.4, -0.2) is 67.4 Å². The van der Waals surface area contributed by atoms with Crippen molar-refractivity contribution in [3.63, 3.8) is 0 Å². The van der Waals surface area contributed by atoms with Crippen LogP contribution < -0.4 is 4.90 Å². The molecule has 1 atom stereocenters. The van der Waals surface area contributed by atoms with Gasteiger partial charge >= 0.3 is 0 Å². The fraction of sp³-hybridized carbons (Fsp3) is 0.700. The molecule has 144 valence electrons. The average Bonchev–Trinajstić information content (AvgIpc) is 2.69. The number of aromatic nitrogens is 1. The lowest BCUT2D eigenvalue weighted by Crippen LogP contribution is -2.41. The fourth-order valence-corrected chi connectivity index (χ4v) is 4.14. The molecule has 1 aromatic heterocycles. The molecule has 2 fully saturated rings. The Bertz CT molecular complexity index is 568. The molecule has 1 aromatic rings. The molecule has 2 aliphatic heterocycles. The molecule has 26 heavy (non-hydrogen) atoms. The molecule has 0 bridgehead atoms. The van der Waals surface area contributed by atoms with Gasteiger partial charge in [-0.15, -0.1) is 0 Å². The molecule has 0 radical (unpaired) electrons. The Hall–Kier alpha value is -1.66. The van der Waals surface area contributed by atoms with E-state index in [-0.39, 0.29) is 12.5 Å². The highest BCUT2D eigenvalue weighted by atomic mass is 16.5. The van der Waals surface area contributed by atoms with E-state index >= 15 is 0 Å². The number of pyridine rings is 1. The zero-order chi connectivity index (χ0) is 18.4. The maximum atomic E-state index is 12.8. The van der Waals surface area contributed by atoms with Crippen LogP contribution in [0.15, 0.2) is 18.3 Å². The quantitative estimate of drug-likeness (QED) is 0.841. The first-order valence-electron chi connectivity index (χ1n) is 9.81. The van der Waals surface area contributed by atoms with Gasteiger partial charge in [0, 0.05) is 46.1 Å². The first kappa shape index (κ1) is 19.1. The average molecular weight is 361 g/mol. The third-order valence-corrected chi connectivity index (χ3v) is 5.68. The van der Waals surface area contributed by atoms with Crippen molar-refractivity contribution in [3.8, 4) is 0 Å². The van der Waals surface area contributed by atoms with E-state index in [1.165, 1.54) is 0 Å². The Kier molecular flexibility index (Phi) is 6.86. The minimum atomic E-state index is 0.0755. The van der Waals surface area contributed by atoms with E-state index in [9.17, 15) is 4.79 Å². The molecule has 2 saturated heterocycles. The summed E-state index contributed by atoms with van der Waals surface area (Å²) in [6.45, 7) is 4.52. The second-order valence-corrected chi connectivity index (χ2v) is 7.56. The second-order valence-electron chi connectivity index (χ2n) is 7.56. The summed E-state index contributed by atoms with van der Waals surface area (Å²) in [5, 5.41) is 9.07. The van der Waals surface area contributed by atoms with Gasteiger partial charge in [0.25, 0.3) is 5.91 Å². The number of nitrogens with zero attached hydrogens (tertiary/aromatic N) is 3. The summed E-state index contributed by atoms with van der Waals surface area (Å²) in [5.74, 6) is 2.08. The maximum Gasteiger partial charge on any atom is 0.255 e. The van der Waals surface area contributed by atoms with Crippen LogP contribution in [0.3, 0.4) is 0 Å². The van der Waals surface area contributed by atoms with Gasteiger partial charge in [0.2, 0.25) is 0 Å². The van der Waals surface area contributed by atoms with E-state index in [1.807, 2.05) is 17.0 Å². The number of rotatable bonds is 6. The standard InChI is InChI=1S/C20H31N3O3/c1-26-15-17-3-2-9-23(14-17)20(25)18-4-5-19(21-13-18)22-10-6-16(7-11-22)8-12-24/h4-5,13,16-17,24H,2-3,6-12,14-15H2,1H3/t17-/m1/s1. The Morgan fingerprint density at radius 3 is 2.69 bits per heavy atom. The first-order chi connectivity index (χ1) is 12.7. The van der Waals surface area contributed by atoms with Gasteiger partial charge in [-0.25, -0.2) is 4.98 Å². The number of piperidine rings is 2. The second kappa shape index (κ2) is 9.33. The largest absolute Gasteiger partial charge is 0.396 e. The minimum Gasteiger partial charge on any atom is -0.396 e. The number of anilines is 1. The smallest absolute Gasteiger partial charge is 0.255 e. The van der Waals surface area contributed by atoms with E-state index < -0.39 is 0 Å². The molecule has 2 aliphatic rings. The third kappa shape index (κ3) is 4.74. The number of amides is 1. The number of aliphatic hydroxyl groups excluding tert-OH is 1. The van der Waals surface area contributed by atoms with E-state index in [4.69, 9.17) is 9.84 Å². The number of ether oxygens (including phenoxy) is 1.